The minimum Gasteiger partial charge on any atom is -0.351 e. The molecule has 1 amide bonds. The number of carbonyl (C=O) groups is 1. The fraction of sp³-hybridized carbons (Fsp3) is 0.400. The number of thioether (sulfide) groups is 1. The van der Waals surface area contributed by atoms with E-state index in [-0.39, 0.29) is 22.2 Å². The van der Waals surface area contributed by atoms with Crippen molar-refractivity contribution in [3.8, 4) is 0 Å². The van der Waals surface area contributed by atoms with Crippen molar-refractivity contribution in [2.24, 2.45) is 0 Å². The van der Waals surface area contributed by atoms with E-state index in [9.17, 15) is 18.0 Å². The van der Waals surface area contributed by atoms with Gasteiger partial charge in [0.05, 0.1) is 11.3 Å². The maximum atomic E-state index is 12.9. The number of carbonyl (C=O) groups excluding carboxylic acids is 1. The number of hydrogen-bond acceptors (Lipinski definition) is 4. The summed E-state index contributed by atoms with van der Waals surface area (Å²) < 4.78 is 38.7. The van der Waals surface area contributed by atoms with Gasteiger partial charge >= 0.3 is 6.18 Å². The van der Waals surface area contributed by atoms with Crippen molar-refractivity contribution in [3.63, 3.8) is 0 Å². The van der Waals surface area contributed by atoms with Crippen molar-refractivity contribution in [2.75, 3.05) is 5.75 Å². The van der Waals surface area contributed by atoms with E-state index in [1.54, 1.807) is 18.2 Å². The van der Waals surface area contributed by atoms with Crippen LogP contribution < -0.4 is 5.32 Å². The fourth-order valence-electron chi connectivity index (χ4n) is 1.87. The van der Waals surface area contributed by atoms with Crippen LogP contribution in [0.3, 0.4) is 0 Å². The van der Waals surface area contributed by atoms with Crippen LogP contribution in [0.15, 0.2) is 29.3 Å². The molecule has 23 heavy (non-hydrogen) atoms. The second-order valence-corrected chi connectivity index (χ2v) is 6.92. The van der Waals surface area contributed by atoms with E-state index in [0.717, 1.165) is 11.8 Å². The van der Waals surface area contributed by atoms with Crippen molar-refractivity contribution in [1.29, 1.82) is 0 Å². The first-order valence-corrected chi connectivity index (χ1v) is 7.82. The van der Waals surface area contributed by atoms with E-state index in [1.807, 2.05) is 20.8 Å². The molecule has 1 aromatic carbocycles. The molecule has 124 valence electrons. The number of halogens is 3. The molecule has 0 fully saturated rings. The van der Waals surface area contributed by atoms with Crippen molar-refractivity contribution in [1.82, 2.24) is 15.3 Å². The first-order valence-electron chi connectivity index (χ1n) is 6.84. The lowest BCUT2D eigenvalue weighted by atomic mass is 10.1. The van der Waals surface area contributed by atoms with E-state index < -0.39 is 17.5 Å². The summed E-state index contributed by atoms with van der Waals surface area (Å²) >= 11 is 0.966. The number of para-hydroxylation sites is 1. The van der Waals surface area contributed by atoms with E-state index in [4.69, 9.17) is 0 Å². The van der Waals surface area contributed by atoms with Gasteiger partial charge in [-0.2, -0.15) is 13.2 Å². The van der Waals surface area contributed by atoms with Crippen LogP contribution in [0.25, 0.3) is 10.9 Å². The molecule has 1 heterocycles. The first kappa shape index (κ1) is 17.5. The SMILES string of the molecule is CC(C)(C)NC(=O)CSc1nc(C(F)(F)F)nc2ccccc12. The van der Waals surface area contributed by atoms with E-state index >= 15 is 0 Å². The van der Waals surface area contributed by atoms with Crippen LogP contribution in [0.2, 0.25) is 0 Å². The van der Waals surface area contributed by atoms with E-state index in [1.165, 1.54) is 6.07 Å². The molecule has 0 aliphatic carbocycles. The number of benzene rings is 1. The zero-order valence-corrected chi connectivity index (χ0v) is 13.7. The smallest absolute Gasteiger partial charge is 0.351 e. The second kappa shape index (κ2) is 6.35. The normalized spacial score (nSPS) is 12.4. The van der Waals surface area contributed by atoms with Crippen molar-refractivity contribution >= 4 is 28.6 Å². The Morgan fingerprint density at radius 1 is 1.17 bits per heavy atom. The first-order chi connectivity index (χ1) is 10.6. The van der Waals surface area contributed by atoms with Gasteiger partial charge in [0, 0.05) is 10.9 Å². The topological polar surface area (TPSA) is 54.9 Å². The van der Waals surface area contributed by atoms with Gasteiger partial charge in [-0.15, -0.1) is 0 Å². The standard InChI is InChI=1S/C15H16F3N3OS/c1-14(2,3)21-11(22)8-23-12-9-6-4-5-7-10(9)19-13(20-12)15(16,17)18/h4-7H,8H2,1-3H3,(H,21,22). The minimum absolute atomic E-state index is 0.0183. The van der Waals surface area contributed by atoms with Gasteiger partial charge in [0.15, 0.2) is 0 Å². The number of fused-ring (bicyclic) bond motifs is 1. The number of rotatable bonds is 3. The summed E-state index contributed by atoms with van der Waals surface area (Å²) in [5, 5.41) is 3.40. The Bertz CT molecular complexity index is 726. The number of aromatic nitrogens is 2. The Kier molecular flexibility index (Phi) is 4.84. The Balaban J connectivity index is 2.30. The summed E-state index contributed by atoms with van der Waals surface area (Å²) in [5.41, 5.74) is -0.198. The van der Waals surface area contributed by atoms with Crippen LogP contribution in [-0.4, -0.2) is 27.2 Å². The summed E-state index contributed by atoms with van der Waals surface area (Å²) in [6.07, 6.45) is -4.63. The molecule has 0 bridgehead atoms. The van der Waals surface area contributed by atoms with Gasteiger partial charge in [0.1, 0.15) is 5.03 Å². The number of nitrogens with one attached hydrogen (secondary N) is 1. The summed E-state index contributed by atoms with van der Waals surface area (Å²) in [5.74, 6) is -1.48. The van der Waals surface area contributed by atoms with Gasteiger partial charge in [-0.05, 0) is 26.8 Å². The largest absolute Gasteiger partial charge is 0.451 e. The van der Waals surface area contributed by atoms with Crippen molar-refractivity contribution in [2.45, 2.75) is 37.5 Å². The van der Waals surface area contributed by atoms with Gasteiger partial charge in [-0.25, -0.2) is 9.97 Å². The Labute approximate surface area is 135 Å². The molecular weight excluding hydrogens is 327 g/mol. The highest BCUT2D eigenvalue weighted by Crippen LogP contribution is 2.31. The quantitative estimate of drug-likeness (QED) is 0.683. The van der Waals surface area contributed by atoms with Crippen LogP contribution in [0, 0.1) is 0 Å². The summed E-state index contributed by atoms with van der Waals surface area (Å²) in [6, 6.07) is 6.43. The van der Waals surface area contributed by atoms with Crippen molar-refractivity contribution < 1.29 is 18.0 Å². The lowest BCUT2D eigenvalue weighted by Crippen LogP contribution is -2.41. The molecule has 0 radical (unpaired) electrons. The number of amides is 1. The van der Waals surface area contributed by atoms with Crippen LogP contribution in [-0.2, 0) is 11.0 Å². The molecule has 1 N–H and O–H groups in total. The molecular formula is C15H16F3N3OS. The number of nitrogens with zero attached hydrogens (tertiary/aromatic N) is 2. The summed E-state index contributed by atoms with van der Waals surface area (Å²) in [4.78, 5) is 19.0. The second-order valence-electron chi connectivity index (χ2n) is 5.95. The number of alkyl halides is 3. The molecule has 0 saturated carbocycles. The summed E-state index contributed by atoms with van der Waals surface area (Å²) in [7, 11) is 0. The minimum atomic E-state index is -4.63. The molecule has 2 rings (SSSR count). The maximum Gasteiger partial charge on any atom is 0.451 e. The molecule has 0 saturated heterocycles. The van der Waals surface area contributed by atoms with Crippen LogP contribution >= 0.6 is 11.8 Å². The Morgan fingerprint density at radius 2 is 1.83 bits per heavy atom. The van der Waals surface area contributed by atoms with E-state index in [0.29, 0.717) is 5.39 Å². The Morgan fingerprint density at radius 3 is 2.43 bits per heavy atom. The van der Waals surface area contributed by atoms with Crippen LogP contribution in [0.4, 0.5) is 13.2 Å². The van der Waals surface area contributed by atoms with Gasteiger partial charge in [-0.3, -0.25) is 4.79 Å². The molecule has 2 aromatic rings. The highest BCUT2D eigenvalue weighted by Gasteiger charge is 2.35. The molecule has 0 unspecified atom stereocenters. The Hall–Kier alpha value is -1.83. The molecule has 0 aliphatic heterocycles. The average Bonchev–Trinajstić information content (AvgIpc) is 2.41. The van der Waals surface area contributed by atoms with Gasteiger partial charge in [0.25, 0.3) is 0 Å². The van der Waals surface area contributed by atoms with Gasteiger partial charge < -0.3 is 5.32 Å². The fourth-order valence-corrected chi connectivity index (χ4v) is 2.69. The lowest BCUT2D eigenvalue weighted by molar-refractivity contribution is -0.145. The highest BCUT2D eigenvalue weighted by atomic mass is 32.2. The third kappa shape index (κ3) is 4.82. The number of hydrogen-bond donors (Lipinski definition) is 1. The average molecular weight is 343 g/mol. The zero-order valence-electron chi connectivity index (χ0n) is 12.9. The molecule has 0 spiro atoms. The molecule has 0 aliphatic rings. The third-order valence-electron chi connectivity index (χ3n) is 2.68. The molecule has 4 nitrogen and oxygen atoms in total. The lowest BCUT2D eigenvalue weighted by Gasteiger charge is -2.20. The predicted octanol–water partition coefficient (Wildman–Crippen LogP) is 3.66. The van der Waals surface area contributed by atoms with Gasteiger partial charge in [-0.1, -0.05) is 30.0 Å². The third-order valence-corrected chi connectivity index (χ3v) is 3.67. The van der Waals surface area contributed by atoms with E-state index in [2.05, 4.69) is 15.3 Å². The van der Waals surface area contributed by atoms with Crippen LogP contribution in [0.5, 0.6) is 0 Å². The monoisotopic (exact) mass is 343 g/mol. The molecule has 1 aromatic heterocycles. The molecule has 8 heteroatoms. The zero-order chi connectivity index (χ0) is 17.3. The molecule has 0 atom stereocenters. The van der Waals surface area contributed by atoms with Gasteiger partial charge in [0.2, 0.25) is 11.7 Å². The highest BCUT2D eigenvalue weighted by molar-refractivity contribution is 8.00. The predicted molar refractivity (Wildman–Crippen MR) is 83.2 cm³/mol. The van der Waals surface area contributed by atoms with Crippen molar-refractivity contribution in [3.05, 3.63) is 30.1 Å². The van der Waals surface area contributed by atoms with Crippen LogP contribution in [0.1, 0.15) is 26.6 Å². The maximum absolute atomic E-state index is 12.9. The summed E-state index contributed by atoms with van der Waals surface area (Å²) in [6.45, 7) is 5.49.